The standard InChI is InChI=1S/C12H12N6S/c1-2-10(19-7-1)8-17(9-3-4-9)12-6-5-11-13-15-16-18(11)14-12/h1-2,5-7,9H,3-4,8H2. The number of nitrogens with zero attached hydrogens (tertiary/aromatic N) is 6. The highest BCUT2D eigenvalue weighted by Crippen LogP contribution is 2.32. The molecule has 3 aromatic rings. The Bertz CT molecular complexity index is 687. The van der Waals surface area contributed by atoms with Crippen molar-refractivity contribution in [2.75, 3.05) is 4.90 Å². The number of anilines is 1. The Balaban J connectivity index is 1.69. The Hall–Kier alpha value is -2.02. The van der Waals surface area contributed by atoms with E-state index < -0.39 is 0 Å². The average molecular weight is 272 g/mol. The molecule has 0 bridgehead atoms. The molecule has 0 N–H and O–H groups in total. The third-order valence-electron chi connectivity index (χ3n) is 3.24. The molecule has 1 saturated carbocycles. The molecule has 0 radical (unpaired) electrons. The predicted octanol–water partition coefficient (Wildman–Crippen LogP) is 1.75. The lowest BCUT2D eigenvalue weighted by atomic mass is 10.3. The highest BCUT2D eigenvalue weighted by molar-refractivity contribution is 7.09. The molecule has 19 heavy (non-hydrogen) atoms. The first-order valence-corrected chi connectivity index (χ1v) is 7.12. The van der Waals surface area contributed by atoms with Crippen LogP contribution in [-0.4, -0.2) is 31.3 Å². The number of tetrazole rings is 1. The van der Waals surface area contributed by atoms with Crippen LogP contribution in [0, 0.1) is 0 Å². The molecule has 3 aromatic heterocycles. The summed E-state index contributed by atoms with van der Waals surface area (Å²) in [6.45, 7) is 0.906. The van der Waals surface area contributed by atoms with Crippen molar-refractivity contribution >= 4 is 22.8 Å². The van der Waals surface area contributed by atoms with E-state index in [-0.39, 0.29) is 0 Å². The molecule has 1 aliphatic rings. The second kappa shape index (κ2) is 4.27. The molecule has 4 rings (SSSR count). The van der Waals surface area contributed by atoms with Gasteiger partial charge < -0.3 is 4.90 Å². The van der Waals surface area contributed by atoms with Crippen LogP contribution in [0.1, 0.15) is 17.7 Å². The van der Waals surface area contributed by atoms with Crippen LogP contribution in [0.3, 0.4) is 0 Å². The summed E-state index contributed by atoms with van der Waals surface area (Å²) in [5.74, 6) is 0.940. The van der Waals surface area contributed by atoms with Crippen molar-refractivity contribution in [3.05, 3.63) is 34.5 Å². The van der Waals surface area contributed by atoms with E-state index in [1.165, 1.54) is 22.3 Å². The van der Waals surface area contributed by atoms with Gasteiger partial charge in [-0.2, -0.15) is 0 Å². The third kappa shape index (κ3) is 2.06. The largest absolute Gasteiger partial charge is 0.347 e. The van der Waals surface area contributed by atoms with Crippen LogP contribution < -0.4 is 4.90 Å². The van der Waals surface area contributed by atoms with E-state index >= 15 is 0 Å². The summed E-state index contributed by atoms with van der Waals surface area (Å²) in [5.41, 5.74) is 0.677. The summed E-state index contributed by atoms with van der Waals surface area (Å²) in [6, 6.07) is 8.76. The van der Waals surface area contributed by atoms with Gasteiger partial charge in [0.05, 0.1) is 6.54 Å². The molecule has 0 aromatic carbocycles. The zero-order valence-electron chi connectivity index (χ0n) is 10.2. The zero-order valence-corrected chi connectivity index (χ0v) is 11.0. The van der Waals surface area contributed by atoms with E-state index in [0.717, 1.165) is 12.4 Å². The summed E-state index contributed by atoms with van der Waals surface area (Å²) in [4.78, 5) is 3.69. The summed E-state index contributed by atoms with van der Waals surface area (Å²) in [7, 11) is 0. The van der Waals surface area contributed by atoms with Crippen LogP contribution >= 0.6 is 11.3 Å². The van der Waals surface area contributed by atoms with Gasteiger partial charge in [-0.05, 0) is 46.8 Å². The molecular formula is C12H12N6S. The number of thiophene rings is 1. The van der Waals surface area contributed by atoms with Gasteiger partial charge in [0.2, 0.25) is 0 Å². The Morgan fingerprint density at radius 3 is 3.05 bits per heavy atom. The van der Waals surface area contributed by atoms with Crippen molar-refractivity contribution in [1.29, 1.82) is 0 Å². The van der Waals surface area contributed by atoms with E-state index in [9.17, 15) is 0 Å². The van der Waals surface area contributed by atoms with Crippen molar-refractivity contribution in [2.24, 2.45) is 0 Å². The minimum absolute atomic E-state index is 0.600. The quantitative estimate of drug-likeness (QED) is 0.724. The molecule has 0 spiro atoms. The topological polar surface area (TPSA) is 59.2 Å². The van der Waals surface area contributed by atoms with E-state index in [2.05, 4.69) is 43.0 Å². The maximum atomic E-state index is 4.49. The van der Waals surface area contributed by atoms with Crippen LogP contribution in [0.25, 0.3) is 5.65 Å². The molecule has 7 heteroatoms. The third-order valence-corrected chi connectivity index (χ3v) is 4.10. The van der Waals surface area contributed by atoms with E-state index in [1.54, 1.807) is 11.3 Å². The fourth-order valence-electron chi connectivity index (χ4n) is 2.15. The summed E-state index contributed by atoms with van der Waals surface area (Å²) in [5, 5.41) is 18.0. The monoisotopic (exact) mass is 272 g/mol. The Morgan fingerprint density at radius 1 is 1.32 bits per heavy atom. The second-order valence-corrected chi connectivity index (χ2v) is 5.69. The Morgan fingerprint density at radius 2 is 2.26 bits per heavy atom. The van der Waals surface area contributed by atoms with Gasteiger partial charge in [0.15, 0.2) is 11.5 Å². The molecule has 0 unspecified atom stereocenters. The van der Waals surface area contributed by atoms with Gasteiger partial charge in [-0.1, -0.05) is 6.07 Å². The Kier molecular flexibility index (Phi) is 2.44. The van der Waals surface area contributed by atoms with Crippen molar-refractivity contribution in [3.63, 3.8) is 0 Å². The molecule has 0 aliphatic heterocycles. The normalized spacial score (nSPS) is 14.9. The van der Waals surface area contributed by atoms with Gasteiger partial charge in [-0.25, -0.2) is 0 Å². The zero-order chi connectivity index (χ0) is 12.7. The Labute approximate surface area is 113 Å². The average Bonchev–Trinajstić information content (AvgIpc) is 2.96. The van der Waals surface area contributed by atoms with Gasteiger partial charge in [0.1, 0.15) is 0 Å². The van der Waals surface area contributed by atoms with Gasteiger partial charge >= 0.3 is 0 Å². The maximum absolute atomic E-state index is 4.49. The maximum Gasteiger partial charge on any atom is 0.200 e. The summed E-state index contributed by atoms with van der Waals surface area (Å²) in [6.07, 6.45) is 2.47. The minimum atomic E-state index is 0.600. The fraction of sp³-hybridized carbons (Fsp3) is 0.333. The number of hydrogen-bond donors (Lipinski definition) is 0. The van der Waals surface area contributed by atoms with Crippen LogP contribution in [0.5, 0.6) is 0 Å². The molecule has 0 saturated heterocycles. The smallest absolute Gasteiger partial charge is 0.200 e. The van der Waals surface area contributed by atoms with Gasteiger partial charge in [-0.3, -0.25) is 0 Å². The summed E-state index contributed by atoms with van der Waals surface area (Å²) < 4.78 is 1.49. The van der Waals surface area contributed by atoms with E-state index in [1.807, 2.05) is 12.1 Å². The first-order chi connectivity index (χ1) is 9.40. The van der Waals surface area contributed by atoms with Crippen molar-refractivity contribution in [3.8, 4) is 0 Å². The summed E-state index contributed by atoms with van der Waals surface area (Å²) >= 11 is 1.78. The van der Waals surface area contributed by atoms with Crippen molar-refractivity contribution < 1.29 is 0 Å². The number of aromatic nitrogens is 5. The van der Waals surface area contributed by atoms with Crippen LogP contribution in [0.2, 0.25) is 0 Å². The second-order valence-electron chi connectivity index (χ2n) is 4.66. The van der Waals surface area contributed by atoms with E-state index in [4.69, 9.17) is 0 Å². The molecular weight excluding hydrogens is 260 g/mol. The fourth-order valence-corrected chi connectivity index (χ4v) is 2.85. The molecule has 1 fully saturated rings. The van der Waals surface area contributed by atoms with Gasteiger partial charge in [0, 0.05) is 10.9 Å². The minimum Gasteiger partial charge on any atom is -0.347 e. The lowest BCUT2D eigenvalue weighted by Gasteiger charge is -2.22. The molecule has 6 nitrogen and oxygen atoms in total. The molecule has 0 amide bonds. The lowest BCUT2D eigenvalue weighted by Crippen LogP contribution is -2.26. The van der Waals surface area contributed by atoms with Crippen LogP contribution in [-0.2, 0) is 6.54 Å². The highest BCUT2D eigenvalue weighted by Gasteiger charge is 2.30. The van der Waals surface area contributed by atoms with Crippen LogP contribution in [0.4, 0.5) is 5.82 Å². The molecule has 1 aliphatic carbocycles. The number of hydrogen-bond acceptors (Lipinski definition) is 6. The predicted molar refractivity (Wildman–Crippen MR) is 72.1 cm³/mol. The first kappa shape index (κ1) is 10.9. The van der Waals surface area contributed by atoms with Crippen molar-refractivity contribution in [1.82, 2.24) is 25.3 Å². The van der Waals surface area contributed by atoms with E-state index in [0.29, 0.717) is 11.7 Å². The molecule has 3 heterocycles. The SMILES string of the molecule is c1csc(CN(c2ccc3nnnn3n2)C2CC2)c1. The molecule has 96 valence electrons. The van der Waals surface area contributed by atoms with Crippen LogP contribution in [0.15, 0.2) is 29.6 Å². The van der Waals surface area contributed by atoms with Gasteiger partial charge in [0.25, 0.3) is 0 Å². The first-order valence-electron chi connectivity index (χ1n) is 6.24. The number of fused-ring (bicyclic) bond motifs is 1. The highest BCUT2D eigenvalue weighted by atomic mass is 32.1. The molecule has 0 atom stereocenters. The van der Waals surface area contributed by atoms with Gasteiger partial charge in [-0.15, -0.1) is 26.2 Å². The number of rotatable bonds is 4. The van der Waals surface area contributed by atoms with Crippen molar-refractivity contribution in [2.45, 2.75) is 25.4 Å². The lowest BCUT2D eigenvalue weighted by molar-refractivity contribution is 0.701.